The molecule has 0 unspecified atom stereocenters. The van der Waals surface area contributed by atoms with Crippen LogP contribution in [0.15, 0.2) is 47.6 Å². The molecule has 0 aliphatic carbocycles. The lowest BCUT2D eigenvalue weighted by Gasteiger charge is -2.19. The van der Waals surface area contributed by atoms with Crippen molar-refractivity contribution in [2.75, 3.05) is 30.5 Å². The molecule has 33 heavy (non-hydrogen) atoms. The Kier molecular flexibility index (Phi) is 8.94. The second-order valence-electron chi connectivity index (χ2n) is 7.29. The predicted octanol–water partition coefficient (Wildman–Crippen LogP) is 3.39. The van der Waals surface area contributed by atoms with Gasteiger partial charge in [-0.1, -0.05) is 0 Å². The minimum Gasteiger partial charge on any atom is -0.484 e. The van der Waals surface area contributed by atoms with Crippen LogP contribution >= 0.6 is 0 Å². The van der Waals surface area contributed by atoms with Crippen LogP contribution in [-0.4, -0.2) is 62.4 Å². The van der Waals surface area contributed by atoms with Crippen LogP contribution in [0.4, 0.5) is 24.7 Å². The molecule has 1 aromatic carbocycles. The zero-order valence-corrected chi connectivity index (χ0v) is 19.1. The molecular weight excluding hydrogens is 461 g/mol. The van der Waals surface area contributed by atoms with Crippen molar-refractivity contribution in [3.05, 3.63) is 48.2 Å². The van der Waals surface area contributed by atoms with Gasteiger partial charge in [0.1, 0.15) is 21.4 Å². The number of rotatable bonds is 10. The van der Waals surface area contributed by atoms with Crippen molar-refractivity contribution in [3.63, 3.8) is 0 Å². The molecule has 0 fully saturated rings. The molecule has 0 saturated carbocycles. The second kappa shape index (κ2) is 11.2. The first-order chi connectivity index (χ1) is 15.3. The molecule has 1 atom stereocenters. The molecule has 0 bridgehead atoms. The van der Waals surface area contributed by atoms with Gasteiger partial charge < -0.3 is 15.4 Å². The van der Waals surface area contributed by atoms with Crippen LogP contribution in [0.25, 0.3) is 0 Å². The lowest BCUT2D eigenvalue weighted by molar-refractivity contribution is -0.153. The van der Waals surface area contributed by atoms with Gasteiger partial charge in [-0.25, -0.2) is 18.4 Å². The fraction of sp³-hybridized carbons (Fsp3) is 0.381. The topological polar surface area (TPSA) is 110 Å². The van der Waals surface area contributed by atoms with E-state index >= 15 is 0 Å². The third kappa shape index (κ3) is 9.58. The van der Waals surface area contributed by atoms with Gasteiger partial charge in [-0.3, -0.25) is 4.79 Å². The number of hydrogen-bond donors (Lipinski definition) is 2. The molecule has 2 rings (SSSR count). The minimum atomic E-state index is -4.44. The number of benzene rings is 1. The monoisotopic (exact) mass is 486 g/mol. The maximum Gasteiger partial charge on any atom is 0.422 e. The molecule has 1 aromatic heterocycles. The van der Waals surface area contributed by atoms with Crippen LogP contribution in [0.1, 0.15) is 24.2 Å². The minimum absolute atomic E-state index is 0.0410. The molecule has 0 radical (unpaired) electrons. The third-order valence-electron chi connectivity index (χ3n) is 4.26. The Labute approximate surface area is 190 Å². The van der Waals surface area contributed by atoms with E-state index in [0.717, 1.165) is 6.26 Å². The summed E-state index contributed by atoms with van der Waals surface area (Å²) in [6, 6.07) is 8.47. The Morgan fingerprint density at radius 1 is 1.21 bits per heavy atom. The largest absolute Gasteiger partial charge is 0.484 e. The zero-order valence-electron chi connectivity index (χ0n) is 18.3. The number of nitrogens with one attached hydrogen (secondary N) is 2. The number of anilines is 1. The summed E-state index contributed by atoms with van der Waals surface area (Å²) < 4.78 is 64.5. The van der Waals surface area contributed by atoms with Crippen molar-refractivity contribution < 1.29 is 31.1 Å². The van der Waals surface area contributed by atoms with Crippen molar-refractivity contribution in [1.82, 2.24) is 10.3 Å². The van der Waals surface area contributed by atoms with Gasteiger partial charge in [0.25, 0.3) is 0 Å². The molecule has 1 heterocycles. The van der Waals surface area contributed by atoms with E-state index in [1.807, 2.05) is 0 Å². The fourth-order valence-electron chi connectivity index (χ4n) is 2.61. The van der Waals surface area contributed by atoms with E-state index in [1.54, 1.807) is 19.1 Å². The van der Waals surface area contributed by atoms with Crippen molar-refractivity contribution in [1.29, 1.82) is 0 Å². The molecule has 8 nitrogen and oxygen atoms in total. The average molecular weight is 487 g/mol. The molecule has 0 spiro atoms. The first-order valence-corrected chi connectivity index (χ1v) is 11.9. The zero-order chi connectivity index (χ0) is 24.6. The molecule has 12 heteroatoms. The highest BCUT2D eigenvalue weighted by Crippen LogP contribution is 2.21. The van der Waals surface area contributed by atoms with Crippen LogP contribution in [0.2, 0.25) is 0 Å². The number of aliphatic imine (C=N–C) groups is 1. The average Bonchev–Trinajstić information content (AvgIpc) is 2.71. The van der Waals surface area contributed by atoms with E-state index in [9.17, 15) is 26.4 Å². The van der Waals surface area contributed by atoms with E-state index in [1.165, 1.54) is 37.4 Å². The molecule has 2 aromatic rings. The van der Waals surface area contributed by atoms with Crippen LogP contribution in [0.3, 0.4) is 0 Å². The number of carbonyl (C=O) groups is 1. The second-order valence-corrected chi connectivity index (χ2v) is 9.55. The highest BCUT2D eigenvalue weighted by atomic mass is 32.2. The Morgan fingerprint density at radius 2 is 1.88 bits per heavy atom. The van der Waals surface area contributed by atoms with Crippen molar-refractivity contribution in [2.45, 2.75) is 26.1 Å². The summed E-state index contributed by atoms with van der Waals surface area (Å²) in [4.78, 5) is 20.5. The Balaban J connectivity index is 2.26. The first kappa shape index (κ1) is 26.3. The Morgan fingerprint density at radius 3 is 2.45 bits per heavy atom. The summed E-state index contributed by atoms with van der Waals surface area (Å²) in [5.41, 5.74) is 0.793. The van der Waals surface area contributed by atoms with Crippen LogP contribution < -0.4 is 15.4 Å². The summed E-state index contributed by atoms with van der Waals surface area (Å²) in [7, 11) is -3.18. The van der Waals surface area contributed by atoms with E-state index < -0.39 is 28.7 Å². The molecule has 180 valence electrons. The summed E-state index contributed by atoms with van der Waals surface area (Å²) in [6.07, 6.45) is -1.83. The smallest absolute Gasteiger partial charge is 0.422 e. The van der Waals surface area contributed by atoms with Gasteiger partial charge in [0.15, 0.2) is 18.2 Å². The van der Waals surface area contributed by atoms with Crippen LogP contribution in [-0.2, 0) is 9.84 Å². The van der Waals surface area contributed by atoms with Crippen LogP contribution in [0, 0.1) is 0 Å². The molecule has 2 N–H and O–H groups in total. The molecule has 0 amide bonds. The van der Waals surface area contributed by atoms with Gasteiger partial charge in [0, 0.05) is 24.7 Å². The number of alkyl halides is 3. The number of hydrogen-bond acceptors (Lipinski definition) is 7. The lowest BCUT2D eigenvalue weighted by Crippen LogP contribution is -2.40. The maximum absolute atomic E-state index is 12.3. The molecule has 0 saturated heterocycles. The van der Waals surface area contributed by atoms with Gasteiger partial charge in [-0.15, -0.1) is 0 Å². The number of sulfone groups is 1. The Bertz CT molecular complexity index is 1090. The summed E-state index contributed by atoms with van der Waals surface area (Å²) in [5, 5.41) is 6.09. The van der Waals surface area contributed by atoms with E-state index in [-0.39, 0.29) is 29.6 Å². The molecular formula is C21H25F3N4O4S. The van der Waals surface area contributed by atoms with Gasteiger partial charge in [0.2, 0.25) is 0 Å². The number of Topliss-reactive ketones (excluding diaryl/α,β-unsaturated/α-hetero) is 1. The van der Waals surface area contributed by atoms with Crippen LogP contribution in [0.5, 0.6) is 5.75 Å². The molecule has 0 aliphatic rings. The summed E-state index contributed by atoms with van der Waals surface area (Å²) >= 11 is 0. The predicted molar refractivity (Wildman–Crippen MR) is 120 cm³/mol. The standard InChI is InChI=1S/C21H25F3N4O4S/c1-14(25-11-12-33(3,30)31)19(28-20-18(15(2)29)5-4-10-26-20)27-16-6-8-17(9-7-16)32-13-21(22,23)24/h4-10,14,25H,11-13H2,1-3H3,(H,26,27,28)/t14-/m1/s1. The lowest BCUT2D eigenvalue weighted by atomic mass is 10.2. The van der Waals surface area contributed by atoms with Gasteiger partial charge in [-0.05, 0) is 50.2 Å². The quantitative estimate of drug-likeness (QED) is 0.301. The van der Waals surface area contributed by atoms with E-state index in [4.69, 9.17) is 4.74 Å². The van der Waals surface area contributed by atoms with Crippen molar-refractivity contribution in [2.24, 2.45) is 4.99 Å². The summed E-state index contributed by atoms with van der Waals surface area (Å²) in [5.74, 6) is 0.227. The number of nitrogens with zero attached hydrogens (tertiary/aromatic N) is 2. The summed E-state index contributed by atoms with van der Waals surface area (Å²) in [6.45, 7) is 1.88. The van der Waals surface area contributed by atoms with Crippen molar-refractivity contribution in [3.8, 4) is 5.75 Å². The third-order valence-corrected chi connectivity index (χ3v) is 5.20. The molecule has 0 aliphatic heterocycles. The number of pyridine rings is 1. The van der Waals surface area contributed by atoms with Gasteiger partial charge in [0.05, 0.1) is 17.4 Å². The number of ether oxygens (including phenoxy) is 1. The number of halogens is 3. The SMILES string of the molecule is CC(=O)c1cccnc1N=C(Nc1ccc(OCC(F)(F)F)cc1)[C@@H](C)NCCS(C)(=O)=O. The normalized spacial score (nSPS) is 13.5. The number of carbonyl (C=O) groups excluding carboxylic acids is 1. The number of amidine groups is 1. The Hall–Kier alpha value is -2.99. The van der Waals surface area contributed by atoms with E-state index in [0.29, 0.717) is 17.1 Å². The number of aromatic nitrogens is 1. The highest BCUT2D eigenvalue weighted by Gasteiger charge is 2.28. The first-order valence-electron chi connectivity index (χ1n) is 9.86. The van der Waals surface area contributed by atoms with Crippen molar-refractivity contribution >= 4 is 33.0 Å². The van der Waals surface area contributed by atoms with E-state index in [2.05, 4.69) is 20.6 Å². The highest BCUT2D eigenvalue weighted by molar-refractivity contribution is 7.90. The van der Waals surface area contributed by atoms with Gasteiger partial charge in [-0.2, -0.15) is 13.2 Å². The maximum atomic E-state index is 12.3. The fourth-order valence-corrected chi connectivity index (χ4v) is 3.10. The van der Waals surface area contributed by atoms with Gasteiger partial charge >= 0.3 is 6.18 Å². The number of ketones is 1.